The molecule has 0 aromatic rings. The van der Waals surface area contributed by atoms with E-state index in [1.54, 1.807) is 0 Å². The molecule has 2 N–H and O–H groups in total. The summed E-state index contributed by atoms with van der Waals surface area (Å²) in [4.78, 5) is 34.8. The van der Waals surface area contributed by atoms with Gasteiger partial charge in [0.2, 0.25) is 5.91 Å². The molecule has 0 spiro atoms. The van der Waals surface area contributed by atoms with Crippen molar-refractivity contribution in [2.75, 3.05) is 13.7 Å². The van der Waals surface area contributed by atoms with Crippen LogP contribution < -0.4 is 5.32 Å². The first-order valence-corrected chi connectivity index (χ1v) is 11.2. The van der Waals surface area contributed by atoms with Crippen molar-refractivity contribution in [2.45, 2.75) is 90.1 Å². The number of aliphatic hydroxyl groups excluding tert-OH is 1. The lowest BCUT2D eigenvalue weighted by atomic mass is 9.89. The summed E-state index contributed by atoms with van der Waals surface area (Å²) in [6, 6.07) is 0. The fourth-order valence-corrected chi connectivity index (χ4v) is 3.85. The van der Waals surface area contributed by atoms with Gasteiger partial charge in [-0.05, 0) is 31.6 Å². The summed E-state index contributed by atoms with van der Waals surface area (Å²) in [6.45, 7) is 2.07. The zero-order valence-corrected chi connectivity index (χ0v) is 18.2. The Labute approximate surface area is 175 Å². The number of amides is 1. The first kappa shape index (κ1) is 25.3. The van der Waals surface area contributed by atoms with Crippen LogP contribution in [0.2, 0.25) is 0 Å². The second-order valence-corrected chi connectivity index (χ2v) is 8.03. The number of carbonyl (C=O) groups is 3. The van der Waals surface area contributed by atoms with E-state index in [2.05, 4.69) is 23.1 Å². The van der Waals surface area contributed by atoms with E-state index in [9.17, 15) is 19.5 Å². The number of hydrogen-bond donors (Lipinski definition) is 2. The van der Waals surface area contributed by atoms with E-state index in [0.29, 0.717) is 18.6 Å². The predicted molar refractivity (Wildman–Crippen MR) is 113 cm³/mol. The Morgan fingerprint density at radius 3 is 2.69 bits per heavy atom. The van der Waals surface area contributed by atoms with Gasteiger partial charge in [-0.25, -0.2) is 0 Å². The topological polar surface area (TPSA) is 92.7 Å². The van der Waals surface area contributed by atoms with Crippen molar-refractivity contribution in [3.05, 3.63) is 12.2 Å². The van der Waals surface area contributed by atoms with E-state index in [0.717, 1.165) is 64.2 Å². The third-order valence-electron chi connectivity index (χ3n) is 5.66. The first-order chi connectivity index (χ1) is 14.0. The third-order valence-corrected chi connectivity index (χ3v) is 5.66. The summed E-state index contributed by atoms with van der Waals surface area (Å²) in [5, 5.41) is 12.6. The number of nitrogens with one attached hydrogen (secondary N) is 1. The first-order valence-electron chi connectivity index (χ1n) is 11.2. The van der Waals surface area contributed by atoms with Gasteiger partial charge in [0, 0.05) is 18.8 Å². The Morgan fingerprint density at radius 1 is 1.21 bits per heavy atom. The molecule has 1 amide bonds. The van der Waals surface area contributed by atoms with Crippen LogP contribution in [0, 0.1) is 11.8 Å². The molecule has 0 radical (unpaired) electrons. The third kappa shape index (κ3) is 11.2. The van der Waals surface area contributed by atoms with Gasteiger partial charge in [-0.15, -0.1) is 0 Å². The van der Waals surface area contributed by atoms with Gasteiger partial charge in [0.1, 0.15) is 12.3 Å². The summed E-state index contributed by atoms with van der Waals surface area (Å²) in [7, 11) is 1.29. The molecule has 1 saturated carbocycles. The number of allylic oxidation sites excluding steroid dienone is 1. The second-order valence-electron chi connectivity index (χ2n) is 8.03. The standard InChI is InChI=1S/C23H39NO5/c1-3-4-7-10-19(25)15-13-18-14-16-21(26)20(18)11-8-5-6-9-12-22(27)24-17-23(28)29-2/h13,15,18-20,25H,3-12,14,16-17H2,1-2H3,(H,24,27)/b15-13+/t18-,19-,20+/m0/s1. The van der Waals surface area contributed by atoms with Crippen LogP contribution in [0.3, 0.4) is 0 Å². The maximum atomic E-state index is 12.2. The van der Waals surface area contributed by atoms with Gasteiger partial charge < -0.3 is 15.2 Å². The molecule has 0 unspecified atom stereocenters. The van der Waals surface area contributed by atoms with Crippen molar-refractivity contribution in [1.82, 2.24) is 5.32 Å². The SMILES string of the molecule is CCCCC[C@H](O)/C=C/[C@H]1CCC(=O)[C@@H]1CCCCCCC(=O)NCC(=O)OC. The van der Waals surface area contributed by atoms with Crippen LogP contribution in [0.25, 0.3) is 0 Å². The molecule has 0 saturated heterocycles. The van der Waals surface area contributed by atoms with E-state index >= 15 is 0 Å². The van der Waals surface area contributed by atoms with E-state index in [1.165, 1.54) is 7.11 Å². The minimum atomic E-state index is -0.448. The largest absolute Gasteiger partial charge is 0.468 e. The maximum absolute atomic E-state index is 12.2. The predicted octanol–water partition coefficient (Wildman–Crippen LogP) is 3.71. The lowest BCUT2D eigenvalue weighted by molar-refractivity contribution is -0.141. The molecular formula is C23H39NO5. The fraction of sp³-hybridized carbons (Fsp3) is 0.783. The number of aliphatic hydroxyl groups is 1. The van der Waals surface area contributed by atoms with E-state index in [4.69, 9.17) is 0 Å². The quantitative estimate of drug-likeness (QED) is 0.244. The van der Waals surface area contributed by atoms with Crippen LogP contribution in [0.15, 0.2) is 12.2 Å². The molecular weight excluding hydrogens is 370 g/mol. The van der Waals surface area contributed by atoms with Crippen LogP contribution in [0.4, 0.5) is 0 Å². The van der Waals surface area contributed by atoms with Crippen molar-refractivity contribution in [3.63, 3.8) is 0 Å². The van der Waals surface area contributed by atoms with Crippen LogP contribution in [-0.4, -0.2) is 42.5 Å². The van der Waals surface area contributed by atoms with Gasteiger partial charge in [0.15, 0.2) is 0 Å². The number of esters is 1. The summed E-state index contributed by atoms with van der Waals surface area (Å²) in [6.07, 6.45) is 14.2. The highest BCUT2D eigenvalue weighted by atomic mass is 16.5. The lowest BCUT2D eigenvalue weighted by Crippen LogP contribution is -2.29. The minimum absolute atomic E-state index is 0.0810. The van der Waals surface area contributed by atoms with Gasteiger partial charge in [0.05, 0.1) is 13.2 Å². The molecule has 166 valence electrons. The zero-order valence-electron chi connectivity index (χ0n) is 18.2. The van der Waals surface area contributed by atoms with Gasteiger partial charge in [-0.1, -0.05) is 57.6 Å². The molecule has 6 nitrogen and oxygen atoms in total. The van der Waals surface area contributed by atoms with Crippen molar-refractivity contribution in [1.29, 1.82) is 0 Å². The summed E-state index contributed by atoms with van der Waals surface area (Å²) < 4.78 is 4.48. The van der Waals surface area contributed by atoms with Crippen LogP contribution >= 0.6 is 0 Å². The average Bonchev–Trinajstić information content (AvgIpc) is 3.06. The van der Waals surface area contributed by atoms with Crippen molar-refractivity contribution in [3.8, 4) is 0 Å². The highest BCUT2D eigenvalue weighted by molar-refractivity contribution is 5.83. The number of unbranched alkanes of at least 4 members (excludes halogenated alkanes) is 5. The molecule has 0 bridgehead atoms. The zero-order chi connectivity index (χ0) is 21.5. The molecule has 0 aliphatic heterocycles. The minimum Gasteiger partial charge on any atom is -0.468 e. The molecule has 1 aliphatic carbocycles. The molecule has 1 fully saturated rings. The molecule has 0 aromatic heterocycles. The van der Waals surface area contributed by atoms with Gasteiger partial charge in [-0.2, -0.15) is 0 Å². The molecule has 29 heavy (non-hydrogen) atoms. The van der Waals surface area contributed by atoms with Gasteiger partial charge in [-0.3, -0.25) is 14.4 Å². The van der Waals surface area contributed by atoms with Gasteiger partial charge >= 0.3 is 5.97 Å². The molecule has 0 heterocycles. The Kier molecular flexibility index (Phi) is 13.3. The highest BCUT2D eigenvalue weighted by Gasteiger charge is 2.32. The monoisotopic (exact) mass is 409 g/mol. The number of ether oxygens (including phenoxy) is 1. The molecule has 1 aliphatic rings. The Hall–Kier alpha value is -1.69. The smallest absolute Gasteiger partial charge is 0.325 e. The van der Waals surface area contributed by atoms with Crippen molar-refractivity contribution >= 4 is 17.7 Å². The van der Waals surface area contributed by atoms with E-state index in [1.807, 2.05) is 6.08 Å². The molecule has 1 rings (SSSR count). The van der Waals surface area contributed by atoms with Crippen molar-refractivity contribution in [2.24, 2.45) is 11.8 Å². The summed E-state index contributed by atoms with van der Waals surface area (Å²) in [5.74, 6) is 0.105. The number of methoxy groups -OCH3 is 1. The lowest BCUT2D eigenvalue weighted by Gasteiger charge is -2.15. The molecule has 6 heteroatoms. The fourth-order valence-electron chi connectivity index (χ4n) is 3.85. The molecule has 3 atom stereocenters. The Balaban J connectivity index is 2.20. The number of rotatable bonds is 15. The second kappa shape index (κ2) is 15.2. The number of Topliss-reactive ketones (excluding diaryl/α,β-unsaturated/α-hetero) is 1. The average molecular weight is 410 g/mol. The number of carbonyl (C=O) groups excluding carboxylic acids is 3. The normalized spacial score (nSPS) is 20.2. The van der Waals surface area contributed by atoms with Crippen molar-refractivity contribution < 1.29 is 24.2 Å². The Bertz CT molecular complexity index is 531. The number of ketones is 1. The van der Waals surface area contributed by atoms with E-state index in [-0.39, 0.29) is 24.3 Å². The molecule has 0 aromatic carbocycles. The summed E-state index contributed by atoms with van der Waals surface area (Å²) in [5.41, 5.74) is 0. The number of hydrogen-bond acceptors (Lipinski definition) is 5. The summed E-state index contributed by atoms with van der Waals surface area (Å²) >= 11 is 0. The maximum Gasteiger partial charge on any atom is 0.325 e. The van der Waals surface area contributed by atoms with Crippen LogP contribution in [-0.2, 0) is 19.1 Å². The highest BCUT2D eigenvalue weighted by Crippen LogP contribution is 2.34. The van der Waals surface area contributed by atoms with Crippen LogP contribution in [0.5, 0.6) is 0 Å². The van der Waals surface area contributed by atoms with Crippen LogP contribution in [0.1, 0.15) is 84.0 Å². The van der Waals surface area contributed by atoms with E-state index < -0.39 is 12.1 Å². The van der Waals surface area contributed by atoms with Gasteiger partial charge in [0.25, 0.3) is 0 Å². The Morgan fingerprint density at radius 2 is 1.97 bits per heavy atom.